The van der Waals surface area contributed by atoms with Crippen molar-refractivity contribution < 1.29 is 19.0 Å². The Kier molecular flexibility index (Phi) is 6.35. The van der Waals surface area contributed by atoms with Gasteiger partial charge in [-0.15, -0.1) is 0 Å². The summed E-state index contributed by atoms with van der Waals surface area (Å²) in [6, 6.07) is 3.55. The van der Waals surface area contributed by atoms with Crippen LogP contribution in [-0.4, -0.2) is 47.5 Å². The first-order valence-corrected chi connectivity index (χ1v) is 12.3. The smallest absolute Gasteiger partial charge is 0.224 e. The summed E-state index contributed by atoms with van der Waals surface area (Å²) < 4.78 is 29.8. The van der Waals surface area contributed by atoms with Crippen LogP contribution in [0.5, 0.6) is 0 Å². The number of imidazole rings is 1. The van der Waals surface area contributed by atoms with E-state index in [2.05, 4.69) is 20.6 Å². The van der Waals surface area contributed by atoms with Gasteiger partial charge in [-0.05, 0) is 76.8 Å². The van der Waals surface area contributed by atoms with E-state index in [1.54, 1.807) is 6.20 Å². The maximum atomic E-state index is 14.4. The summed E-state index contributed by atoms with van der Waals surface area (Å²) >= 11 is 0. The molecule has 0 amide bonds. The van der Waals surface area contributed by atoms with Crippen LogP contribution in [0.2, 0.25) is 0 Å². The third kappa shape index (κ3) is 5.08. The summed E-state index contributed by atoms with van der Waals surface area (Å²) in [5.74, 6) is -0.372. The van der Waals surface area contributed by atoms with Crippen LogP contribution in [0, 0.1) is 17.6 Å². The highest BCUT2D eigenvalue weighted by Gasteiger charge is 2.37. The van der Waals surface area contributed by atoms with Crippen molar-refractivity contribution in [1.29, 1.82) is 0 Å². The van der Waals surface area contributed by atoms with Gasteiger partial charge in [-0.3, -0.25) is 4.57 Å². The van der Waals surface area contributed by atoms with Gasteiger partial charge in [0.15, 0.2) is 5.65 Å². The molecule has 0 aliphatic heterocycles. The van der Waals surface area contributed by atoms with Crippen LogP contribution < -0.4 is 10.6 Å². The summed E-state index contributed by atoms with van der Waals surface area (Å²) in [4.78, 5) is 13.9. The van der Waals surface area contributed by atoms with E-state index in [0.29, 0.717) is 23.1 Å². The van der Waals surface area contributed by atoms with E-state index >= 15 is 0 Å². The van der Waals surface area contributed by atoms with Crippen LogP contribution in [0.25, 0.3) is 11.2 Å². The number of aliphatic hydroxyl groups is 2. The quantitative estimate of drug-likeness (QED) is 0.401. The third-order valence-electron chi connectivity index (χ3n) is 7.41. The number of hydrogen-bond donors (Lipinski definition) is 4. The first kappa shape index (κ1) is 23.9. The van der Waals surface area contributed by atoms with Crippen molar-refractivity contribution in [2.45, 2.75) is 82.6 Å². The van der Waals surface area contributed by atoms with Gasteiger partial charge < -0.3 is 20.8 Å². The van der Waals surface area contributed by atoms with E-state index in [1.165, 1.54) is 12.1 Å². The van der Waals surface area contributed by atoms with Crippen molar-refractivity contribution >= 4 is 28.7 Å². The lowest BCUT2D eigenvalue weighted by molar-refractivity contribution is 0.0186. The lowest BCUT2D eigenvalue weighted by Gasteiger charge is -2.26. The molecule has 0 unspecified atom stereocenters. The molecule has 4 N–H and O–H groups in total. The Bertz CT molecular complexity index is 1200. The highest BCUT2D eigenvalue weighted by Crippen LogP contribution is 2.43. The number of hydrogen-bond acceptors (Lipinski definition) is 7. The molecule has 1 aromatic carbocycles. The topological polar surface area (TPSA) is 108 Å². The molecule has 188 valence electrons. The number of fused-ring (bicyclic) bond motifs is 1. The number of halogens is 2. The summed E-state index contributed by atoms with van der Waals surface area (Å²) in [5, 5.41) is 26.8. The molecule has 2 atom stereocenters. The number of benzene rings is 1. The van der Waals surface area contributed by atoms with Crippen LogP contribution >= 0.6 is 0 Å². The van der Waals surface area contributed by atoms with E-state index in [1.807, 2.05) is 18.4 Å². The van der Waals surface area contributed by atoms with Gasteiger partial charge in [0.05, 0.1) is 23.6 Å². The number of nitrogens with zero attached hydrogens (tertiary/aromatic N) is 4. The second kappa shape index (κ2) is 9.31. The molecular weight excluding hydrogens is 454 g/mol. The fraction of sp³-hybridized carbons (Fsp3) is 0.560. The van der Waals surface area contributed by atoms with Gasteiger partial charge in [-0.1, -0.05) is 0 Å². The minimum Gasteiger partial charge on any atom is -0.393 e. The average molecular weight is 487 g/mol. The first-order valence-electron chi connectivity index (χ1n) is 12.3. The second-order valence-corrected chi connectivity index (χ2v) is 10.4. The van der Waals surface area contributed by atoms with Crippen molar-refractivity contribution in [3.8, 4) is 0 Å². The zero-order chi connectivity index (χ0) is 24.7. The molecule has 2 aliphatic rings. The van der Waals surface area contributed by atoms with Gasteiger partial charge in [0.1, 0.15) is 17.2 Å². The molecule has 8 nitrogen and oxygen atoms in total. The van der Waals surface area contributed by atoms with Gasteiger partial charge in [0, 0.05) is 18.2 Å². The standard InChI is InChI=1S/C25H32F2N6O2/c1-25(2,35)14-3-7-17(11-14)33-22-21(31-24(33)30-20-10-4-15(26)12-19(20)27)13-28-23(32-22)29-16-5-8-18(34)9-6-16/h4,10,12-14,16-18,34-35H,3,5-9,11H2,1-2H3,(H,30,31)(H,28,29,32)/t14-,16?,17+,18?/m1/s1. The van der Waals surface area contributed by atoms with Gasteiger partial charge in [-0.25, -0.2) is 18.7 Å². The molecule has 2 fully saturated rings. The molecule has 0 spiro atoms. The second-order valence-electron chi connectivity index (χ2n) is 10.4. The van der Waals surface area contributed by atoms with Crippen molar-refractivity contribution in [2.75, 3.05) is 10.6 Å². The van der Waals surface area contributed by atoms with Crippen LogP contribution in [-0.2, 0) is 0 Å². The van der Waals surface area contributed by atoms with Gasteiger partial charge in [0.25, 0.3) is 0 Å². The molecule has 2 heterocycles. The Labute approximate surface area is 202 Å². The lowest BCUT2D eigenvalue weighted by atomic mass is 9.89. The Morgan fingerprint density at radius 3 is 2.51 bits per heavy atom. The van der Waals surface area contributed by atoms with Crippen LogP contribution in [0.15, 0.2) is 24.4 Å². The van der Waals surface area contributed by atoms with Crippen molar-refractivity contribution in [1.82, 2.24) is 19.5 Å². The van der Waals surface area contributed by atoms with Crippen molar-refractivity contribution in [2.24, 2.45) is 5.92 Å². The zero-order valence-corrected chi connectivity index (χ0v) is 20.0. The maximum Gasteiger partial charge on any atom is 0.224 e. The number of aliphatic hydroxyl groups excluding tert-OH is 1. The first-order chi connectivity index (χ1) is 16.7. The van der Waals surface area contributed by atoms with Crippen molar-refractivity contribution in [3.63, 3.8) is 0 Å². The Morgan fingerprint density at radius 1 is 1.06 bits per heavy atom. The predicted molar refractivity (Wildman–Crippen MR) is 130 cm³/mol. The highest BCUT2D eigenvalue weighted by atomic mass is 19.1. The van der Waals surface area contributed by atoms with Gasteiger partial charge in [0.2, 0.25) is 11.9 Å². The molecule has 2 saturated carbocycles. The van der Waals surface area contributed by atoms with E-state index in [4.69, 9.17) is 4.98 Å². The van der Waals surface area contributed by atoms with Gasteiger partial charge in [-0.2, -0.15) is 4.98 Å². The predicted octanol–water partition coefficient (Wildman–Crippen LogP) is 4.68. The maximum absolute atomic E-state index is 14.4. The fourth-order valence-electron chi connectivity index (χ4n) is 5.34. The number of rotatable bonds is 6. The molecule has 3 aromatic rings. The number of anilines is 3. The van der Waals surface area contributed by atoms with Gasteiger partial charge >= 0.3 is 0 Å². The summed E-state index contributed by atoms with van der Waals surface area (Å²) in [5.41, 5.74) is 0.484. The lowest BCUT2D eigenvalue weighted by Crippen LogP contribution is -2.29. The van der Waals surface area contributed by atoms with E-state index < -0.39 is 17.2 Å². The molecule has 0 bridgehead atoms. The Balaban J connectivity index is 1.50. The summed E-state index contributed by atoms with van der Waals surface area (Å²) in [7, 11) is 0. The highest BCUT2D eigenvalue weighted by molar-refractivity contribution is 5.76. The monoisotopic (exact) mass is 486 g/mol. The molecule has 0 saturated heterocycles. The minimum atomic E-state index is -0.810. The van der Waals surface area contributed by atoms with E-state index in [0.717, 1.165) is 51.0 Å². The molecule has 10 heteroatoms. The third-order valence-corrected chi connectivity index (χ3v) is 7.41. The Morgan fingerprint density at radius 2 is 1.83 bits per heavy atom. The molecule has 0 radical (unpaired) electrons. The van der Waals surface area contributed by atoms with E-state index in [-0.39, 0.29) is 29.8 Å². The Hall–Kier alpha value is -2.85. The summed E-state index contributed by atoms with van der Waals surface area (Å²) in [6.45, 7) is 3.65. The van der Waals surface area contributed by atoms with E-state index in [9.17, 15) is 19.0 Å². The zero-order valence-electron chi connectivity index (χ0n) is 20.0. The minimum absolute atomic E-state index is 0.00462. The molecule has 5 rings (SSSR count). The van der Waals surface area contributed by atoms with Crippen LogP contribution in [0.1, 0.15) is 64.8 Å². The average Bonchev–Trinajstić information content (AvgIpc) is 3.41. The number of aromatic nitrogens is 4. The molecule has 2 aromatic heterocycles. The fourth-order valence-corrected chi connectivity index (χ4v) is 5.34. The molecule has 2 aliphatic carbocycles. The largest absolute Gasteiger partial charge is 0.393 e. The molecular formula is C25H32F2N6O2. The normalized spacial score (nSPS) is 25.2. The van der Waals surface area contributed by atoms with Crippen molar-refractivity contribution in [3.05, 3.63) is 36.0 Å². The summed E-state index contributed by atoms with van der Waals surface area (Å²) in [6.07, 6.45) is 6.96. The number of nitrogens with one attached hydrogen (secondary N) is 2. The SMILES string of the molecule is CC(C)(O)[C@@H]1CC[C@H](n2c(Nc3ccc(F)cc3F)nc3cnc(NC4CCC(O)CC4)nc32)C1. The van der Waals surface area contributed by atoms with Crippen LogP contribution in [0.3, 0.4) is 0 Å². The van der Waals surface area contributed by atoms with Crippen LogP contribution in [0.4, 0.5) is 26.4 Å². The molecule has 35 heavy (non-hydrogen) atoms.